The lowest BCUT2D eigenvalue weighted by Crippen LogP contribution is -2.31. The van der Waals surface area contributed by atoms with Crippen LogP contribution in [-0.4, -0.2) is 5.97 Å². The predicted octanol–water partition coefficient (Wildman–Crippen LogP) is 3.67. The minimum Gasteiger partial charge on any atom is -0.435 e. The van der Waals surface area contributed by atoms with E-state index in [0.717, 1.165) is 32.1 Å². The number of rotatable bonds is 7. The molecular formula is C12H22O2. The highest BCUT2D eigenvalue weighted by Crippen LogP contribution is 2.35. The van der Waals surface area contributed by atoms with E-state index in [-0.39, 0.29) is 11.4 Å². The molecule has 0 spiro atoms. The van der Waals surface area contributed by atoms with E-state index in [2.05, 4.69) is 27.4 Å². The van der Waals surface area contributed by atoms with Crippen LogP contribution in [0.4, 0.5) is 0 Å². The monoisotopic (exact) mass is 198 g/mol. The summed E-state index contributed by atoms with van der Waals surface area (Å²) in [5, 5.41) is 0. The van der Waals surface area contributed by atoms with Crippen molar-refractivity contribution >= 4 is 5.97 Å². The van der Waals surface area contributed by atoms with Gasteiger partial charge in [-0.25, -0.2) is 0 Å². The van der Waals surface area contributed by atoms with Crippen LogP contribution in [0.15, 0.2) is 12.8 Å². The summed E-state index contributed by atoms with van der Waals surface area (Å²) < 4.78 is 4.93. The van der Waals surface area contributed by atoms with E-state index < -0.39 is 0 Å². The van der Waals surface area contributed by atoms with Gasteiger partial charge >= 0.3 is 5.97 Å². The molecule has 0 radical (unpaired) electrons. The van der Waals surface area contributed by atoms with Crippen LogP contribution in [0.25, 0.3) is 0 Å². The maximum absolute atomic E-state index is 11.8. The lowest BCUT2D eigenvalue weighted by Gasteiger charge is -2.28. The predicted molar refractivity (Wildman–Crippen MR) is 58.8 cm³/mol. The van der Waals surface area contributed by atoms with E-state index in [1.54, 1.807) is 0 Å². The molecular weight excluding hydrogens is 176 g/mol. The van der Waals surface area contributed by atoms with Gasteiger partial charge in [0, 0.05) is 0 Å². The maximum atomic E-state index is 11.8. The van der Waals surface area contributed by atoms with Gasteiger partial charge in [-0.3, -0.25) is 4.79 Å². The molecule has 0 aliphatic rings. The molecule has 0 aromatic heterocycles. The fraction of sp³-hybridized carbons (Fsp3) is 0.750. The molecule has 0 aliphatic heterocycles. The van der Waals surface area contributed by atoms with Crippen molar-refractivity contribution < 1.29 is 9.53 Å². The Bertz CT molecular complexity index is 179. The molecule has 0 N–H and O–H groups in total. The van der Waals surface area contributed by atoms with Crippen molar-refractivity contribution in [3.63, 3.8) is 0 Å². The maximum Gasteiger partial charge on any atom is 0.316 e. The number of hydrogen-bond acceptors (Lipinski definition) is 2. The van der Waals surface area contributed by atoms with Gasteiger partial charge in [0.15, 0.2) is 0 Å². The van der Waals surface area contributed by atoms with Crippen molar-refractivity contribution in [1.82, 2.24) is 0 Å². The third kappa shape index (κ3) is 3.17. The normalized spacial score (nSPS) is 11.1. The van der Waals surface area contributed by atoms with Gasteiger partial charge in [0.25, 0.3) is 0 Å². The molecule has 0 aliphatic carbocycles. The SMILES string of the molecule is C=COC(=O)C(CC)(CCC)CCC. The highest BCUT2D eigenvalue weighted by atomic mass is 16.5. The van der Waals surface area contributed by atoms with Crippen LogP contribution in [0.1, 0.15) is 52.9 Å². The van der Waals surface area contributed by atoms with E-state index in [1.807, 2.05) is 0 Å². The zero-order valence-electron chi connectivity index (χ0n) is 9.64. The summed E-state index contributed by atoms with van der Waals surface area (Å²) in [4.78, 5) is 11.8. The van der Waals surface area contributed by atoms with Crippen LogP contribution in [0.3, 0.4) is 0 Å². The van der Waals surface area contributed by atoms with E-state index in [1.165, 1.54) is 6.26 Å². The van der Waals surface area contributed by atoms with Gasteiger partial charge in [0.05, 0.1) is 11.7 Å². The molecule has 2 heteroatoms. The van der Waals surface area contributed by atoms with Gasteiger partial charge in [0.2, 0.25) is 0 Å². The second-order valence-corrected chi connectivity index (χ2v) is 3.71. The van der Waals surface area contributed by atoms with Crippen molar-refractivity contribution in [2.24, 2.45) is 5.41 Å². The van der Waals surface area contributed by atoms with Crippen LogP contribution >= 0.6 is 0 Å². The van der Waals surface area contributed by atoms with Crippen LogP contribution in [0, 0.1) is 5.41 Å². The molecule has 0 amide bonds. The molecule has 82 valence electrons. The van der Waals surface area contributed by atoms with E-state index in [0.29, 0.717) is 0 Å². The molecule has 0 aromatic rings. The van der Waals surface area contributed by atoms with Gasteiger partial charge in [-0.2, -0.15) is 0 Å². The molecule has 0 atom stereocenters. The minimum atomic E-state index is -0.280. The first-order valence-corrected chi connectivity index (χ1v) is 5.48. The molecule has 0 fully saturated rings. The lowest BCUT2D eigenvalue weighted by atomic mass is 9.77. The number of carbonyl (C=O) groups excluding carboxylic acids is 1. The molecule has 0 aromatic carbocycles. The fourth-order valence-corrected chi connectivity index (χ4v) is 1.98. The summed E-state index contributed by atoms with van der Waals surface area (Å²) in [5.41, 5.74) is -0.280. The van der Waals surface area contributed by atoms with Crippen molar-refractivity contribution in [3.8, 4) is 0 Å². The third-order valence-electron chi connectivity index (χ3n) is 2.76. The summed E-state index contributed by atoms with van der Waals surface area (Å²) in [6, 6.07) is 0. The van der Waals surface area contributed by atoms with E-state index in [4.69, 9.17) is 4.74 Å². The summed E-state index contributed by atoms with van der Waals surface area (Å²) >= 11 is 0. The number of hydrogen-bond donors (Lipinski definition) is 0. The van der Waals surface area contributed by atoms with Crippen LogP contribution < -0.4 is 0 Å². The number of esters is 1. The Morgan fingerprint density at radius 1 is 1.29 bits per heavy atom. The lowest BCUT2D eigenvalue weighted by molar-refractivity contribution is -0.151. The Morgan fingerprint density at radius 2 is 1.79 bits per heavy atom. The Kier molecular flexibility index (Phi) is 6.26. The van der Waals surface area contributed by atoms with Gasteiger partial charge in [-0.05, 0) is 19.3 Å². The Balaban J connectivity index is 4.61. The summed E-state index contributed by atoms with van der Waals surface area (Å²) in [5.74, 6) is -0.112. The second kappa shape index (κ2) is 6.63. The first-order valence-electron chi connectivity index (χ1n) is 5.48. The zero-order valence-corrected chi connectivity index (χ0v) is 9.64. The standard InChI is InChI=1S/C12H22O2/c1-5-9-12(7-3,10-6-2)11(13)14-8-4/h8H,4-7,9-10H2,1-3H3. The first kappa shape index (κ1) is 13.2. The van der Waals surface area contributed by atoms with Crippen molar-refractivity contribution in [2.75, 3.05) is 0 Å². The highest BCUT2D eigenvalue weighted by Gasteiger charge is 2.35. The van der Waals surface area contributed by atoms with Gasteiger partial charge < -0.3 is 4.74 Å². The van der Waals surface area contributed by atoms with Crippen LogP contribution in [0.2, 0.25) is 0 Å². The molecule has 0 bridgehead atoms. The molecule has 0 saturated heterocycles. The Morgan fingerprint density at radius 3 is 2.07 bits per heavy atom. The summed E-state index contributed by atoms with van der Waals surface area (Å²) in [7, 11) is 0. The van der Waals surface area contributed by atoms with Crippen molar-refractivity contribution in [1.29, 1.82) is 0 Å². The van der Waals surface area contributed by atoms with Crippen LogP contribution in [0.5, 0.6) is 0 Å². The third-order valence-corrected chi connectivity index (χ3v) is 2.76. The molecule has 14 heavy (non-hydrogen) atoms. The highest BCUT2D eigenvalue weighted by molar-refractivity contribution is 5.77. The Hall–Kier alpha value is -0.790. The molecule has 0 unspecified atom stereocenters. The smallest absolute Gasteiger partial charge is 0.316 e. The summed E-state index contributed by atoms with van der Waals surface area (Å²) in [6.45, 7) is 9.67. The largest absolute Gasteiger partial charge is 0.435 e. The summed E-state index contributed by atoms with van der Waals surface area (Å²) in [6.07, 6.45) is 5.92. The molecule has 0 heterocycles. The van der Waals surface area contributed by atoms with Crippen molar-refractivity contribution in [2.45, 2.75) is 52.9 Å². The van der Waals surface area contributed by atoms with Gasteiger partial charge in [0.1, 0.15) is 0 Å². The van der Waals surface area contributed by atoms with E-state index >= 15 is 0 Å². The average Bonchev–Trinajstić information content (AvgIpc) is 2.17. The van der Waals surface area contributed by atoms with Crippen molar-refractivity contribution in [3.05, 3.63) is 12.8 Å². The quantitative estimate of drug-likeness (QED) is 0.461. The second-order valence-electron chi connectivity index (χ2n) is 3.71. The fourth-order valence-electron chi connectivity index (χ4n) is 1.98. The van der Waals surface area contributed by atoms with Crippen LogP contribution in [-0.2, 0) is 9.53 Å². The molecule has 2 nitrogen and oxygen atoms in total. The number of carbonyl (C=O) groups is 1. The van der Waals surface area contributed by atoms with Gasteiger partial charge in [-0.1, -0.05) is 40.2 Å². The molecule has 0 rings (SSSR count). The van der Waals surface area contributed by atoms with E-state index in [9.17, 15) is 4.79 Å². The Labute approximate surface area is 87.3 Å². The molecule has 0 saturated carbocycles. The zero-order chi connectivity index (χ0) is 11.0. The average molecular weight is 198 g/mol. The van der Waals surface area contributed by atoms with Gasteiger partial charge in [-0.15, -0.1) is 0 Å². The first-order chi connectivity index (χ1) is 6.66. The number of ether oxygens (including phenoxy) is 1. The minimum absolute atomic E-state index is 0.112. The topological polar surface area (TPSA) is 26.3 Å².